The van der Waals surface area contributed by atoms with Crippen LogP contribution >= 0.6 is 0 Å². The number of hydrogen-bond acceptors (Lipinski definition) is 5. The quantitative estimate of drug-likeness (QED) is 0.489. The zero-order chi connectivity index (χ0) is 18.9. The number of nitrogens with one attached hydrogen (secondary N) is 2. The molecule has 0 spiro atoms. The van der Waals surface area contributed by atoms with Gasteiger partial charge in [-0.25, -0.2) is 4.99 Å². The van der Waals surface area contributed by atoms with E-state index >= 15 is 0 Å². The highest BCUT2D eigenvalue weighted by molar-refractivity contribution is 5.86. The molecule has 5 heteroatoms. The van der Waals surface area contributed by atoms with Crippen molar-refractivity contribution < 1.29 is 0 Å². The molecule has 1 aliphatic rings. The van der Waals surface area contributed by atoms with Gasteiger partial charge in [0.15, 0.2) is 0 Å². The molecule has 1 aromatic carbocycles. The topological polar surface area (TPSA) is 74.8 Å². The van der Waals surface area contributed by atoms with Gasteiger partial charge in [0.1, 0.15) is 5.82 Å². The molecular weight excluding hydrogens is 322 g/mol. The number of allylic oxidation sites excluding steroid dienone is 1. The maximum Gasteiger partial charge on any atom is 0.140 e. The Bertz CT molecular complexity index is 689. The summed E-state index contributed by atoms with van der Waals surface area (Å²) in [5.41, 5.74) is 9.09. The molecule has 1 fully saturated rings. The molecule has 1 saturated carbocycles. The molecule has 0 bridgehead atoms. The molecule has 1 aromatic rings. The molecule has 2 atom stereocenters. The molecule has 140 valence electrons. The third kappa shape index (κ3) is 5.85. The van der Waals surface area contributed by atoms with Crippen molar-refractivity contribution in [1.29, 1.82) is 0 Å². The second-order valence-electron chi connectivity index (χ2n) is 6.98. The number of nitrogens with zero attached hydrogens (tertiary/aromatic N) is 2. The number of anilines is 1. The normalized spacial score (nSPS) is 21.3. The van der Waals surface area contributed by atoms with Crippen molar-refractivity contribution in [3.05, 3.63) is 53.5 Å². The molecule has 26 heavy (non-hydrogen) atoms. The molecule has 5 nitrogen and oxygen atoms in total. The number of nitrogens with two attached hydrogens (primary N) is 1. The average molecular weight is 354 g/mol. The van der Waals surface area contributed by atoms with Gasteiger partial charge in [0.2, 0.25) is 0 Å². The summed E-state index contributed by atoms with van der Waals surface area (Å²) < 4.78 is 0. The van der Waals surface area contributed by atoms with Crippen LogP contribution in [-0.4, -0.2) is 25.6 Å². The molecular formula is C21H31N5. The zero-order valence-electron chi connectivity index (χ0n) is 16.0. The first-order valence-corrected chi connectivity index (χ1v) is 9.24. The van der Waals surface area contributed by atoms with Crippen LogP contribution in [0.15, 0.2) is 57.9 Å². The van der Waals surface area contributed by atoms with Crippen LogP contribution < -0.4 is 16.4 Å². The lowest BCUT2D eigenvalue weighted by Gasteiger charge is -2.29. The van der Waals surface area contributed by atoms with E-state index in [9.17, 15) is 0 Å². The number of hydrogen-bond donors (Lipinski definition) is 3. The van der Waals surface area contributed by atoms with Gasteiger partial charge < -0.3 is 11.1 Å². The number of aryl methyl sites for hydroxylation is 1. The molecule has 0 radical (unpaired) electrons. The number of aliphatic imine (C=N–C) groups is 2. The van der Waals surface area contributed by atoms with Gasteiger partial charge in [-0.05, 0) is 50.1 Å². The fraction of sp³-hybridized carbons (Fsp3) is 0.429. The standard InChI is InChI=1S/C21H31N5/c1-15-8-7-10-18(12-15)26-21(23-4)19(17(3)22)13-24-14-25-20-11-6-5-9-16(20)2/h7-8,10,12-13,16,20,25-26H,3-6,9,11,14,22H2,1-2H3/b21-19-,24-13?. The lowest BCUT2D eigenvalue weighted by atomic mass is 9.86. The van der Waals surface area contributed by atoms with Gasteiger partial charge in [0.25, 0.3) is 0 Å². The second-order valence-corrected chi connectivity index (χ2v) is 6.98. The van der Waals surface area contributed by atoms with Crippen LogP contribution in [0.4, 0.5) is 5.69 Å². The predicted molar refractivity (Wildman–Crippen MR) is 113 cm³/mol. The van der Waals surface area contributed by atoms with E-state index in [1.54, 1.807) is 6.21 Å². The van der Waals surface area contributed by atoms with E-state index in [0.717, 1.165) is 11.3 Å². The Labute approximate surface area is 157 Å². The van der Waals surface area contributed by atoms with Crippen LogP contribution in [0.1, 0.15) is 38.2 Å². The van der Waals surface area contributed by atoms with E-state index in [1.165, 1.54) is 25.7 Å². The van der Waals surface area contributed by atoms with Crippen molar-refractivity contribution in [3.8, 4) is 0 Å². The Morgan fingerprint density at radius 3 is 2.77 bits per heavy atom. The van der Waals surface area contributed by atoms with Crippen molar-refractivity contribution >= 4 is 18.6 Å². The van der Waals surface area contributed by atoms with Gasteiger partial charge in [0, 0.05) is 23.6 Å². The third-order valence-electron chi connectivity index (χ3n) is 4.82. The van der Waals surface area contributed by atoms with Crippen molar-refractivity contribution in [3.63, 3.8) is 0 Å². The summed E-state index contributed by atoms with van der Waals surface area (Å²) in [7, 11) is 0. The molecule has 1 aliphatic carbocycles. The molecule has 0 aliphatic heterocycles. The molecule has 0 saturated heterocycles. The Morgan fingerprint density at radius 2 is 2.12 bits per heavy atom. The van der Waals surface area contributed by atoms with Crippen molar-refractivity contribution in [2.45, 2.75) is 45.6 Å². The SMILES string of the molecule is C=N/C(Nc1cccc(C)c1)=C(\C=NCNC1CCCCC1C)C(=C)N. The van der Waals surface area contributed by atoms with E-state index in [-0.39, 0.29) is 0 Å². The highest BCUT2D eigenvalue weighted by Crippen LogP contribution is 2.23. The number of benzene rings is 1. The van der Waals surface area contributed by atoms with Crippen molar-refractivity contribution in [2.75, 3.05) is 12.0 Å². The maximum atomic E-state index is 5.95. The third-order valence-corrected chi connectivity index (χ3v) is 4.82. The van der Waals surface area contributed by atoms with E-state index < -0.39 is 0 Å². The molecule has 0 heterocycles. The largest absolute Gasteiger partial charge is 0.399 e. The Hall–Kier alpha value is -2.40. The van der Waals surface area contributed by atoms with Crippen LogP contribution in [0.2, 0.25) is 0 Å². The van der Waals surface area contributed by atoms with Crippen LogP contribution in [-0.2, 0) is 0 Å². The van der Waals surface area contributed by atoms with Gasteiger partial charge in [-0.2, -0.15) is 0 Å². The molecule has 0 aromatic heterocycles. The lowest BCUT2D eigenvalue weighted by Crippen LogP contribution is -2.37. The minimum atomic E-state index is 0.405. The van der Waals surface area contributed by atoms with Crippen molar-refractivity contribution in [1.82, 2.24) is 5.32 Å². The summed E-state index contributed by atoms with van der Waals surface area (Å²) in [6, 6.07) is 8.57. The molecule has 2 rings (SSSR count). The van der Waals surface area contributed by atoms with E-state index in [4.69, 9.17) is 5.73 Å². The predicted octanol–water partition coefficient (Wildman–Crippen LogP) is 3.99. The highest BCUT2D eigenvalue weighted by atomic mass is 15.0. The summed E-state index contributed by atoms with van der Waals surface area (Å²) in [5.74, 6) is 1.25. The van der Waals surface area contributed by atoms with E-state index in [2.05, 4.69) is 40.8 Å². The summed E-state index contributed by atoms with van der Waals surface area (Å²) in [4.78, 5) is 8.57. The Kier molecular flexibility index (Phi) is 7.60. The summed E-state index contributed by atoms with van der Waals surface area (Å²) >= 11 is 0. The maximum absolute atomic E-state index is 5.95. The van der Waals surface area contributed by atoms with E-state index in [1.807, 2.05) is 31.2 Å². The summed E-state index contributed by atoms with van der Waals surface area (Å²) in [6.45, 7) is 12.4. The van der Waals surface area contributed by atoms with Crippen LogP contribution in [0.25, 0.3) is 0 Å². The van der Waals surface area contributed by atoms with Crippen LogP contribution in [0.3, 0.4) is 0 Å². The van der Waals surface area contributed by atoms with Gasteiger partial charge in [-0.15, -0.1) is 0 Å². The van der Waals surface area contributed by atoms with Gasteiger partial charge >= 0.3 is 0 Å². The molecule has 0 amide bonds. The van der Waals surface area contributed by atoms with Crippen molar-refractivity contribution in [2.24, 2.45) is 21.6 Å². The average Bonchev–Trinajstić information content (AvgIpc) is 2.61. The molecule has 4 N–H and O–H groups in total. The monoisotopic (exact) mass is 353 g/mol. The van der Waals surface area contributed by atoms with E-state index in [0.29, 0.717) is 35.7 Å². The minimum absolute atomic E-state index is 0.405. The van der Waals surface area contributed by atoms with Crippen LogP contribution in [0.5, 0.6) is 0 Å². The fourth-order valence-corrected chi connectivity index (χ4v) is 3.27. The van der Waals surface area contributed by atoms with Gasteiger partial charge in [-0.1, -0.05) is 38.5 Å². The number of rotatable bonds is 8. The Morgan fingerprint density at radius 1 is 1.35 bits per heavy atom. The second kappa shape index (κ2) is 9.92. The first kappa shape index (κ1) is 19.9. The smallest absolute Gasteiger partial charge is 0.140 e. The first-order valence-electron chi connectivity index (χ1n) is 9.24. The minimum Gasteiger partial charge on any atom is -0.399 e. The Balaban J connectivity index is 2.05. The van der Waals surface area contributed by atoms with Gasteiger partial charge in [-0.3, -0.25) is 10.3 Å². The lowest BCUT2D eigenvalue weighted by molar-refractivity contribution is 0.284. The zero-order valence-corrected chi connectivity index (χ0v) is 16.0. The summed E-state index contributed by atoms with van der Waals surface area (Å²) in [5, 5.41) is 6.77. The summed E-state index contributed by atoms with van der Waals surface area (Å²) in [6.07, 6.45) is 6.85. The molecule has 2 unspecified atom stereocenters. The first-order chi connectivity index (χ1) is 12.5. The fourth-order valence-electron chi connectivity index (χ4n) is 3.27. The van der Waals surface area contributed by atoms with Gasteiger partial charge in [0.05, 0.1) is 12.2 Å². The highest BCUT2D eigenvalue weighted by Gasteiger charge is 2.19. The van der Waals surface area contributed by atoms with Crippen LogP contribution in [0, 0.1) is 12.8 Å².